The molecule has 2 aromatic rings. The van der Waals surface area contributed by atoms with E-state index in [4.69, 9.17) is 23.2 Å². The Morgan fingerprint density at radius 3 is 1.43 bits per heavy atom. The van der Waals surface area contributed by atoms with Gasteiger partial charge in [-0.1, -0.05) is 47.5 Å². The largest absolute Gasteiger partial charge is 0.279 e. The molecule has 0 spiro atoms. The van der Waals surface area contributed by atoms with E-state index in [2.05, 4.69) is 10.2 Å². The summed E-state index contributed by atoms with van der Waals surface area (Å²) in [5.74, 6) is 0. The molecule has 0 saturated heterocycles. The monoisotopic (exact) mass is 348 g/mol. The summed E-state index contributed by atoms with van der Waals surface area (Å²) >= 11 is 11.7. The van der Waals surface area contributed by atoms with Crippen molar-refractivity contribution in [1.82, 2.24) is 10.0 Å². The molecular weight excluding hydrogens is 331 g/mol. The van der Waals surface area contributed by atoms with Crippen LogP contribution in [0.4, 0.5) is 0 Å². The fourth-order valence-electron chi connectivity index (χ4n) is 1.80. The Balaban J connectivity index is 1.85. The van der Waals surface area contributed by atoms with E-state index in [0.29, 0.717) is 16.7 Å². The third-order valence-electron chi connectivity index (χ3n) is 2.96. The molecule has 2 rings (SSSR count). The van der Waals surface area contributed by atoms with Crippen molar-refractivity contribution < 1.29 is 0 Å². The summed E-state index contributed by atoms with van der Waals surface area (Å²) in [5.41, 5.74) is 1.99. The molecule has 23 heavy (non-hydrogen) atoms. The fourth-order valence-corrected chi connectivity index (χ4v) is 2.05. The van der Waals surface area contributed by atoms with E-state index in [1.54, 1.807) is 22.4 Å². The van der Waals surface area contributed by atoms with Crippen LogP contribution in [-0.4, -0.2) is 43.2 Å². The van der Waals surface area contributed by atoms with Crippen LogP contribution in [0.3, 0.4) is 0 Å². The van der Waals surface area contributed by atoms with Gasteiger partial charge in [0.25, 0.3) is 0 Å². The van der Waals surface area contributed by atoms with Crippen molar-refractivity contribution in [3.8, 4) is 0 Å². The van der Waals surface area contributed by atoms with E-state index in [9.17, 15) is 0 Å². The standard InChI is InChI=1S/C17H18Cl2N4/c1-22(20-11-14-3-7-16(18)8-4-14)13-23(2)21-12-15-5-9-17(19)10-6-15/h3-12H,13H2,1-2H3/b20-11+,21-12+. The van der Waals surface area contributed by atoms with E-state index >= 15 is 0 Å². The van der Waals surface area contributed by atoms with Crippen LogP contribution in [-0.2, 0) is 0 Å². The van der Waals surface area contributed by atoms with Gasteiger partial charge in [0, 0.05) is 24.1 Å². The molecule has 0 saturated carbocycles. The average molecular weight is 349 g/mol. The summed E-state index contributed by atoms with van der Waals surface area (Å²) in [6.45, 7) is 0.564. The van der Waals surface area contributed by atoms with Crippen LogP contribution in [0.2, 0.25) is 10.0 Å². The molecular formula is C17H18Cl2N4. The molecule has 0 unspecified atom stereocenters. The molecule has 0 amide bonds. The highest BCUT2D eigenvalue weighted by Gasteiger charge is 1.97. The first-order valence-electron chi connectivity index (χ1n) is 7.04. The van der Waals surface area contributed by atoms with Gasteiger partial charge in [-0.2, -0.15) is 10.2 Å². The van der Waals surface area contributed by atoms with Crippen LogP contribution in [0.25, 0.3) is 0 Å². The number of halogens is 2. The minimum Gasteiger partial charge on any atom is -0.279 e. The summed E-state index contributed by atoms with van der Waals surface area (Å²) in [4.78, 5) is 0. The Morgan fingerprint density at radius 1 is 0.739 bits per heavy atom. The van der Waals surface area contributed by atoms with Crippen molar-refractivity contribution in [2.75, 3.05) is 20.8 Å². The maximum Gasteiger partial charge on any atom is 0.122 e. The van der Waals surface area contributed by atoms with Crippen LogP contribution in [0, 0.1) is 0 Å². The molecule has 120 valence electrons. The lowest BCUT2D eigenvalue weighted by Crippen LogP contribution is -2.26. The molecule has 0 aliphatic rings. The smallest absolute Gasteiger partial charge is 0.122 e. The topological polar surface area (TPSA) is 31.2 Å². The zero-order valence-electron chi connectivity index (χ0n) is 13.0. The van der Waals surface area contributed by atoms with Crippen LogP contribution < -0.4 is 0 Å². The number of nitrogens with zero attached hydrogens (tertiary/aromatic N) is 4. The highest BCUT2D eigenvalue weighted by molar-refractivity contribution is 6.30. The number of benzene rings is 2. The van der Waals surface area contributed by atoms with Gasteiger partial charge in [0.15, 0.2) is 0 Å². The van der Waals surface area contributed by atoms with E-state index in [1.807, 2.05) is 62.6 Å². The Morgan fingerprint density at radius 2 is 1.09 bits per heavy atom. The molecule has 2 aromatic carbocycles. The Kier molecular flexibility index (Phi) is 6.44. The summed E-state index contributed by atoms with van der Waals surface area (Å²) in [7, 11) is 3.78. The van der Waals surface area contributed by atoms with Gasteiger partial charge in [0.05, 0.1) is 12.4 Å². The molecule has 0 bridgehead atoms. The SMILES string of the molecule is CN(CN(C)/N=C/c1ccc(Cl)cc1)/N=C/c1ccc(Cl)cc1. The first-order chi connectivity index (χ1) is 11.0. The third-order valence-corrected chi connectivity index (χ3v) is 3.46. The maximum absolute atomic E-state index is 5.85. The number of hydrazone groups is 2. The zero-order valence-corrected chi connectivity index (χ0v) is 14.5. The molecule has 0 N–H and O–H groups in total. The summed E-state index contributed by atoms with van der Waals surface area (Å²) in [6.07, 6.45) is 3.57. The number of rotatable bonds is 6. The molecule has 0 heterocycles. The quantitative estimate of drug-likeness (QED) is 0.445. The van der Waals surface area contributed by atoms with Gasteiger partial charge < -0.3 is 0 Å². The normalized spacial score (nSPS) is 11.3. The highest BCUT2D eigenvalue weighted by Crippen LogP contribution is 2.09. The van der Waals surface area contributed by atoms with Crippen LogP contribution in [0.5, 0.6) is 0 Å². The second-order valence-corrected chi connectivity index (χ2v) is 5.92. The van der Waals surface area contributed by atoms with E-state index in [-0.39, 0.29) is 0 Å². The fraction of sp³-hybridized carbons (Fsp3) is 0.176. The lowest BCUT2D eigenvalue weighted by Gasteiger charge is -2.19. The number of hydrogen-bond donors (Lipinski definition) is 0. The van der Waals surface area contributed by atoms with Crippen molar-refractivity contribution in [2.24, 2.45) is 10.2 Å². The average Bonchev–Trinajstić information content (AvgIpc) is 2.54. The second-order valence-electron chi connectivity index (χ2n) is 5.05. The summed E-state index contributed by atoms with van der Waals surface area (Å²) in [5, 5.41) is 13.8. The van der Waals surface area contributed by atoms with Crippen molar-refractivity contribution in [3.63, 3.8) is 0 Å². The van der Waals surface area contributed by atoms with E-state index in [1.165, 1.54) is 0 Å². The molecule has 0 atom stereocenters. The maximum atomic E-state index is 5.85. The van der Waals surface area contributed by atoms with Gasteiger partial charge >= 0.3 is 0 Å². The van der Waals surface area contributed by atoms with Gasteiger partial charge in [0.2, 0.25) is 0 Å². The minimum atomic E-state index is 0.564. The third kappa shape index (κ3) is 6.30. The molecule has 0 aliphatic heterocycles. The van der Waals surface area contributed by atoms with Crippen molar-refractivity contribution >= 4 is 35.6 Å². The molecule has 6 heteroatoms. The molecule has 0 aromatic heterocycles. The first kappa shape index (κ1) is 17.3. The lowest BCUT2D eigenvalue weighted by molar-refractivity contribution is 0.196. The van der Waals surface area contributed by atoms with Gasteiger partial charge in [-0.3, -0.25) is 10.0 Å². The Hall–Kier alpha value is -2.04. The van der Waals surface area contributed by atoms with Gasteiger partial charge in [0.1, 0.15) is 6.67 Å². The minimum absolute atomic E-state index is 0.564. The Labute approximate surface area is 146 Å². The summed E-state index contributed by atoms with van der Waals surface area (Å²) in [6, 6.07) is 15.0. The van der Waals surface area contributed by atoms with E-state index < -0.39 is 0 Å². The molecule has 0 radical (unpaired) electrons. The molecule has 0 aliphatic carbocycles. The second kappa shape index (κ2) is 8.56. The first-order valence-corrected chi connectivity index (χ1v) is 7.80. The highest BCUT2D eigenvalue weighted by atomic mass is 35.5. The van der Waals surface area contributed by atoms with Crippen LogP contribution in [0.15, 0.2) is 58.7 Å². The van der Waals surface area contributed by atoms with Crippen molar-refractivity contribution in [2.45, 2.75) is 0 Å². The Bertz CT molecular complexity index is 606. The lowest BCUT2D eigenvalue weighted by atomic mass is 10.2. The van der Waals surface area contributed by atoms with Crippen LogP contribution >= 0.6 is 23.2 Å². The summed E-state index contributed by atoms with van der Waals surface area (Å²) < 4.78 is 0. The van der Waals surface area contributed by atoms with Gasteiger partial charge in [-0.15, -0.1) is 0 Å². The predicted molar refractivity (Wildman–Crippen MR) is 98.5 cm³/mol. The number of hydrogen-bond acceptors (Lipinski definition) is 4. The zero-order chi connectivity index (χ0) is 16.7. The van der Waals surface area contributed by atoms with Crippen molar-refractivity contribution in [1.29, 1.82) is 0 Å². The molecule has 0 fully saturated rings. The predicted octanol–water partition coefficient (Wildman–Crippen LogP) is 4.18. The van der Waals surface area contributed by atoms with E-state index in [0.717, 1.165) is 11.1 Å². The van der Waals surface area contributed by atoms with Gasteiger partial charge in [-0.05, 0) is 35.4 Å². The van der Waals surface area contributed by atoms with Gasteiger partial charge in [-0.25, -0.2) is 0 Å². The molecule has 4 nitrogen and oxygen atoms in total. The van der Waals surface area contributed by atoms with Crippen LogP contribution in [0.1, 0.15) is 11.1 Å². The van der Waals surface area contributed by atoms with Crippen molar-refractivity contribution in [3.05, 3.63) is 69.7 Å².